The van der Waals surface area contributed by atoms with Crippen molar-refractivity contribution in [3.63, 3.8) is 0 Å². The van der Waals surface area contributed by atoms with Crippen molar-refractivity contribution < 1.29 is 23.9 Å². The third-order valence-electron chi connectivity index (χ3n) is 1.96. The highest BCUT2D eigenvalue weighted by molar-refractivity contribution is 5.75. The molecule has 0 radical (unpaired) electrons. The molecule has 0 spiro atoms. The van der Waals surface area contributed by atoms with Crippen molar-refractivity contribution in [1.82, 2.24) is 0 Å². The normalized spacial score (nSPS) is 10.7. The molecule has 0 N–H and O–H groups in total. The standard InChI is InChI=1S/C9H18O2.C5H10O2.C5H10O.C5H12.C2H6/c1-8(2,3)7(10)11-9(4,5)6;1-3-5(6)7-4-2;1-5(2,3)4-6;1-5(2,3)4;1-2/h1-6H3;3-4H2,1-2H3;4H,1-3H3;1-4H3;1-2H3. The van der Waals surface area contributed by atoms with Crippen LogP contribution in [0, 0.1) is 16.2 Å². The van der Waals surface area contributed by atoms with Crippen molar-refractivity contribution in [2.24, 2.45) is 16.2 Å². The van der Waals surface area contributed by atoms with Crippen LogP contribution in [-0.2, 0) is 23.9 Å². The zero-order valence-corrected chi connectivity index (χ0v) is 24.0. The van der Waals surface area contributed by atoms with Crippen molar-refractivity contribution >= 4 is 18.2 Å². The number of esters is 2. The van der Waals surface area contributed by atoms with E-state index in [2.05, 4.69) is 32.4 Å². The zero-order valence-electron chi connectivity index (χ0n) is 24.0. The minimum absolute atomic E-state index is 0.123. The van der Waals surface area contributed by atoms with Gasteiger partial charge in [-0.05, 0) is 53.9 Å². The second-order valence-corrected chi connectivity index (χ2v) is 11.4. The molecule has 0 aromatic carbocycles. The van der Waals surface area contributed by atoms with Crippen molar-refractivity contribution in [1.29, 1.82) is 0 Å². The van der Waals surface area contributed by atoms with E-state index in [1.807, 2.05) is 76.2 Å². The summed E-state index contributed by atoms with van der Waals surface area (Å²) in [6.45, 7) is 33.6. The monoisotopic (exact) mass is 448 g/mol. The molecule has 31 heavy (non-hydrogen) atoms. The van der Waals surface area contributed by atoms with Crippen LogP contribution in [-0.4, -0.2) is 30.4 Å². The Labute approximate surface area is 195 Å². The van der Waals surface area contributed by atoms with Gasteiger partial charge in [0.05, 0.1) is 12.0 Å². The molecule has 0 saturated carbocycles. The van der Waals surface area contributed by atoms with Crippen LogP contribution in [0.1, 0.15) is 124 Å². The highest BCUT2D eigenvalue weighted by Gasteiger charge is 2.27. The van der Waals surface area contributed by atoms with Crippen molar-refractivity contribution in [3.8, 4) is 0 Å². The fourth-order valence-corrected chi connectivity index (χ4v) is 0.694. The lowest BCUT2D eigenvalue weighted by Gasteiger charge is -2.25. The molecule has 0 aliphatic rings. The van der Waals surface area contributed by atoms with Crippen LogP contribution >= 0.6 is 0 Å². The van der Waals surface area contributed by atoms with Gasteiger partial charge in [-0.1, -0.05) is 69.2 Å². The van der Waals surface area contributed by atoms with E-state index < -0.39 is 5.41 Å². The second-order valence-electron chi connectivity index (χ2n) is 11.4. The number of carbonyl (C=O) groups excluding carboxylic acids is 3. The lowest BCUT2D eigenvalue weighted by Crippen LogP contribution is -2.31. The van der Waals surface area contributed by atoms with Crippen LogP contribution in [0.2, 0.25) is 0 Å². The van der Waals surface area contributed by atoms with Gasteiger partial charge in [-0.25, -0.2) is 0 Å². The highest BCUT2D eigenvalue weighted by Crippen LogP contribution is 2.19. The minimum atomic E-state index is -0.396. The maximum absolute atomic E-state index is 11.3. The lowest BCUT2D eigenvalue weighted by atomic mass is 9.97. The van der Waals surface area contributed by atoms with Crippen molar-refractivity contribution in [2.75, 3.05) is 6.61 Å². The smallest absolute Gasteiger partial charge is 0.311 e. The summed E-state index contributed by atoms with van der Waals surface area (Å²) in [5.74, 6) is -0.271. The molecule has 5 heteroatoms. The predicted octanol–water partition coefficient (Wildman–Crippen LogP) is 7.64. The molecular formula is C26H56O5. The number of hydrogen-bond acceptors (Lipinski definition) is 5. The first-order chi connectivity index (χ1) is 13.5. The average Bonchev–Trinajstić information content (AvgIpc) is 2.53. The average molecular weight is 449 g/mol. The number of ether oxygens (including phenoxy) is 2. The van der Waals surface area contributed by atoms with Crippen LogP contribution in [0.3, 0.4) is 0 Å². The first kappa shape index (κ1) is 40.0. The van der Waals surface area contributed by atoms with Gasteiger partial charge in [0.1, 0.15) is 11.9 Å². The van der Waals surface area contributed by atoms with E-state index in [0.717, 1.165) is 6.29 Å². The largest absolute Gasteiger partial charge is 0.466 e. The van der Waals surface area contributed by atoms with Gasteiger partial charge in [0.25, 0.3) is 0 Å². The van der Waals surface area contributed by atoms with Crippen LogP contribution < -0.4 is 0 Å². The van der Waals surface area contributed by atoms with Gasteiger partial charge in [-0.15, -0.1) is 0 Å². The van der Waals surface area contributed by atoms with Gasteiger partial charge in [-0.2, -0.15) is 0 Å². The molecule has 0 heterocycles. The quantitative estimate of drug-likeness (QED) is 0.320. The van der Waals surface area contributed by atoms with E-state index >= 15 is 0 Å². The molecule has 5 nitrogen and oxygen atoms in total. The van der Waals surface area contributed by atoms with Gasteiger partial charge in [-0.3, -0.25) is 9.59 Å². The summed E-state index contributed by atoms with van der Waals surface area (Å²) in [7, 11) is 0. The number of hydrogen-bond donors (Lipinski definition) is 0. The molecule has 0 aliphatic heterocycles. The maximum atomic E-state index is 11.3. The van der Waals surface area contributed by atoms with Crippen molar-refractivity contribution in [2.45, 2.75) is 130 Å². The van der Waals surface area contributed by atoms with Crippen molar-refractivity contribution in [3.05, 3.63) is 0 Å². The fraction of sp³-hybridized carbons (Fsp3) is 0.885. The molecule has 190 valence electrons. The Morgan fingerprint density at radius 2 is 1.03 bits per heavy atom. The Morgan fingerprint density at radius 1 is 0.742 bits per heavy atom. The second kappa shape index (κ2) is 19.3. The van der Waals surface area contributed by atoms with Crippen LogP contribution in [0.25, 0.3) is 0 Å². The molecule has 0 aliphatic carbocycles. The van der Waals surface area contributed by atoms with Gasteiger partial charge in [0.2, 0.25) is 0 Å². The van der Waals surface area contributed by atoms with Gasteiger partial charge in [0, 0.05) is 11.8 Å². The third kappa shape index (κ3) is 65.3. The van der Waals surface area contributed by atoms with E-state index in [1.165, 1.54) is 0 Å². The summed E-state index contributed by atoms with van der Waals surface area (Å²) in [5.41, 5.74) is -0.405. The number of carbonyl (C=O) groups is 3. The maximum Gasteiger partial charge on any atom is 0.311 e. The molecule has 0 atom stereocenters. The third-order valence-corrected chi connectivity index (χ3v) is 1.96. The summed E-state index contributed by atoms with van der Waals surface area (Å²) < 4.78 is 9.72. The van der Waals surface area contributed by atoms with E-state index in [9.17, 15) is 14.4 Å². The minimum Gasteiger partial charge on any atom is -0.466 e. The molecule has 0 saturated heterocycles. The fourth-order valence-electron chi connectivity index (χ4n) is 0.694. The first-order valence-corrected chi connectivity index (χ1v) is 11.4. The molecule has 0 bridgehead atoms. The Balaban J connectivity index is -0.0000000987. The zero-order chi connectivity index (χ0) is 26.7. The van der Waals surface area contributed by atoms with Crippen LogP contribution in [0.4, 0.5) is 0 Å². The SMILES string of the molecule is CC.CC(C)(C)C.CC(C)(C)C=O.CC(C)(C)OC(=O)C(C)(C)C.CCOC(=O)CC. The van der Waals surface area contributed by atoms with Gasteiger partial charge in [0.15, 0.2) is 0 Å². The molecule has 0 aromatic rings. The molecule has 0 amide bonds. The Hall–Kier alpha value is -1.39. The van der Waals surface area contributed by atoms with Crippen LogP contribution in [0.15, 0.2) is 0 Å². The van der Waals surface area contributed by atoms with E-state index in [1.54, 1.807) is 13.8 Å². The summed E-state index contributed by atoms with van der Waals surface area (Å²) in [6.07, 6.45) is 1.42. The van der Waals surface area contributed by atoms with E-state index in [4.69, 9.17) is 4.74 Å². The van der Waals surface area contributed by atoms with E-state index in [-0.39, 0.29) is 23.0 Å². The summed E-state index contributed by atoms with van der Waals surface area (Å²) >= 11 is 0. The first-order valence-electron chi connectivity index (χ1n) is 11.4. The topological polar surface area (TPSA) is 69.7 Å². The molecule has 0 rings (SSSR count). The Morgan fingerprint density at radius 3 is 1.10 bits per heavy atom. The highest BCUT2D eigenvalue weighted by atomic mass is 16.6. The molecular weight excluding hydrogens is 392 g/mol. The lowest BCUT2D eigenvalue weighted by molar-refractivity contribution is -0.164. The molecule has 0 fully saturated rings. The molecule has 0 aromatic heterocycles. The van der Waals surface area contributed by atoms with Gasteiger partial charge >= 0.3 is 11.9 Å². The summed E-state index contributed by atoms with van der Waals surface area (Å²) in [4.78, 5) is 31.3. The Kier molecular flexibility index (Phi) is 24.9. The predicted molar refractivity (Wildman–Crippen MR) is 134 cm³/mol. The molecule has 0 unspecified atom stereocenters. The van der Waals surface area contributed by atoms with Gasteiger partial charge < -0.3 is 14.3 Å². The van der Waals surface area contributed by atoms with Crippen LogP contribution in [0.5, 0.6) is 0 Å². The summed E-state index contributed by atoms with van der Waals surface area (Å²) in [6, 6.07) is 0. The Bertz CT molecular complexity index is 432. The number of rotatable bonds is 2. The number of aldehydes is 1. The summed E-state index contributed by atoms with van der Waals surface area (Å²) in [5, 5.41) is 0. The van der Waals surface area contributed by atoms with E-state index in [0.29, 0.717) is 18.4 Å².